The number of amides is 1. The van der Waals surface area contributed by atoms with Gasteiger partial charge >= 0.3 is 0 Å². The number of hydrogen-bond donors (Lipinski definition) is 0. The van der Waals surface area contributed by atoms with E-state index in [9.17, 15) is 4.79 Å². The number of benzene rings is 1. The van der Waals surface area contributed by atoms with Crippen LogP contribution in [0.2, 0.25) is 0 Å². The molecule has 0 aliphatic carbocycles. The number of likely N-dealkylation sites (N-methyl/N-ethyl adjacent to an activating group) is 1. The van der Waals surface area contributed by atoms with Crippen molar-refractivity contribution in [3.63, 3.8) is 0 Å². The van der Waals surface area contributed by atoms with Crippen LogP contribution in [0.25, 0.3) is 0 Å². The molecule has 1 aromatic heterocycles. The van der Waals surface area contributed by atoms with Gasteiger partial charge in [-0.15, -0.1) is 0 Å². The molecule has 2 aliphatic rings. The lowest BCUT2D eigenvalue weighted by atomic mass is 9.86. The zero-order valence-corrected chi connectivity index (χ0v) is 18.2. The standard InChI is InChI=1S/C25H33N3O2/c1-19-11-12-20(15-26-19)16-28-14-13-23-22(17-28)9-4-3-7-21-8-5-6-10-24(21)30-18-25(29)27(23)2/h5-6,8,10-12,15,22-23H,3-4,7,9,13-14,16-18H2,1-2H3/t22-,23+/m0/s1. The van der Waals surface area contributed by atoms with Crippen molar-refractivity contribution in [2.45, 2.75) is 51.6 Å². The molecular formula is C25H33N3O2. The van der Waals surface area contributed by atoms with Gasteiger partial charge in [0, 0.05) is 44.6 Å². The van der Waals surface area contributed by atoms with Gasteiger partial charge in [0.25, 0.3) is 5.91 Å². The lowest BCUT2D eigenvalue weighted by Crippen LogP contribution is -2.52. The Morgan fingerprint density at radius 1 is 1.13 bits per heavy atom. The third kappa shape index (κ3) is 5.01. The minimum Gasteiger partial charge on any atom is -0.483 e. The fourth-order valence-electron chi connectivity index (χ4n) is 4.88. The third-order valence-corrected chi connectivity index (χ3v) is 6.64. The van der Waals surface area contributed by atoms with E-state index in [-0.39, 0.29) is 12.5 Å². The van der Waals surface area contributed by atoms with Crippen LogP contribution in [0.3, 0.4) is 0 Å². The number of piperidine rings is 1. The number of fused-ring (bicyclic) bond motifs is 2. The number of carbonyl (C=O) groups excluding carboxylic acids is 1. The van der Waals surface area contributed by atoms with Crippen LogP contribution in [0.5, 0.6) is 5.75 Å². The Bertz CT molecular complexity index is 852. The van der Waals surface area contributed by atoms with Crippen LogP contribution in [0.4, 0.5) is 0 Å². The van der Waals surface area contributed by atoms with Crippen LogP contribution in [-0.4, -0.2) is 53.5 Å². The van der Waals surface area contributed by atoms with Crippen LogP contribution in [-0.2, 0) is 17.8 Å². The van der Waals surface area contributed by atoms with Crippen molar-refractivity contribution >= 4 is 5.91 Å². The summed E-state index contributed by atoms with van der Waals surface area (Å²) in [5.41, 5.74) is 3.53. The highest BCUT2D eigenvalue weighted by atomic mass is 16.5. The molecule has 2 aliphatic heterocycles. The zero-order chi connectivity index (χ0) is 20.9. The van der Waals surface area contributed by atoms with Crippen LogP contribution >= 0.6 is 0 Å². The molecule has 160 valence electrons. The summed E-state index contributed by atoms with van der Waals surface area (Å²) in [7, 11) is 1.96. The van der Waals surface area contributed by atoms with Gasteiger partial charge in [0.2, 0.25) is 0 Å². The average Bonchev–Trinajstić information content (AvgIpc) is 2.76. The van der Waals surface area contributed by atoms with Crippen molar-refractivity contribution < 1.29 is 9.53 Å². The smallest absolute Gasteiger partial charge is 0.260 e. The van der Waals surface area contributed by atoms with E-state index in [1.165, 1.54) is 17.5 Å². The fraction of sp³-hybridized carbons (Fsp3) is 0.520. The molecule has 1 saturated heterocycles. The zero-order valence-electron chi connectivity index (χ0n) is 18.2. The molecule has 30 heavy (non-hydrogen) atoms. The minimum atomic E-state index is 0.0801. The molecule has 1 amide bonds. The van der Waals surface area contributed by atoms with E-state index in [1.54, 1.807) is 0 Å². The van der Waals surface area contributed by atoms with Gasteiger partial charge in [-0.3, -0.25) is 14.7 Å². The first kappa shape index (κ1) is 20.9. The molecule has 4 rings (SSSR count). The molecule has 5 heteroatoms. The van der Waals surface area contributed by atoms with Gasteiger partial charge in [-0.2, -0.15) is 0 Å². The number of pyridine rings is 1. The maximum absolute atomic E-state index is 12.9. The number of aryl methyl sites for hydroxylation is 2. The first-order chi connectivity index (χ1) is 14.6. The second-order valence-corrected chi connectivity index (χ2v) is 8.81. The van der Waals surface area contributed by atoms with E-state index in [0.29, 0.717) is 12.0 Å². The lowest BCUT2D eigenvalue weighted by molar-refractivity contribution is -0.136. The lowest BCUT2D eigenvalue weighted by Gasteiger charge is -2.43. The molecule has 0 N–H and O–H groups in total. The number of likely N-dealkylation sites (tertiary alicyclic amines) is 1. The number of hydrogen-bond acceptors (Lipinski definition) is 4. The first-order valence-corrected chi connectivity index (χ1v) is 11.2. The summed E-state index contributed by atoms with van der Waals surface area (Å²) in [4.78, 5) is 21.8. The highest BCUT2D eigenvalue weighted by Gasteiger charge is 2.34. The van der Waals surface area contributed by atoms with Gasteiger partial charge in [0.15, 0.2) is 6.61 Å². The van der Waals surface area contributed by atoms with E-state index in [0.717, 1.165) is 56.8 Å². The SMILES string of the molecule is Cc1ccc(CN2CC[C@@H]3[C@@H](CCCCc4ccccc4OCC(=O)N3C)C2)cn1. The van der Waals surface area contributed by atoms with Crippen molar-refractivity contribution in [2.24, 2.45) is 5.92 Å². The predicted molar refractivity (Wildman–Crippen MR) is 118 cm³/mol. The Balaban J connectivity index is 1.45. The maximum atomic E-state index is 12.9. The second kappa shape index (κ2) is 9.61. The number of carbonyl (C=O) groups is 1. The molecule has 1 fully saturated rings. The average molecular weight is 408 g/mol. The van der Waals surface area contributed by atoms with Crippen molar-refractivity contribution in [1.29, 1.82) is 0 Å². The number of para-hydroxylation sites is 1. The van der Waals surface area contributed by atoms with Gasteiger partial charge < -0.3 is 9.64 Å². The van der Waals surface area contributed by atoms with Crippen molar-refractivity contribution in [2.75, 3.05) is 26.7 Å². The van der Waals surface area contributed by atoms with Gasteiger partial charge in [0.1, 0.15) is 5.75 Å². The molecule has 2 aromatic rings. The minimum absolute atomic E-state index is 0.0801. The molecule has 0 bridgehead atoms. The van der Waals surface area contributed by atoms with Gasteiger partial charge in [0.05, 0.1) is 0 Å². The molecule has 1 aromatic carbocycles. The van der Waals surface area contributed by atoms with E-state index >= 15 is 0 Å². The highest BCUT2D eigenvalue weighted by Crippen LogP contribution is 2.29. The predicted octanol–water partition coefficient (Wildman–Crippen LogP) is 3.84. The first-order valence-electron chi connectivity index (χ1n) is 11.2. The fourth-order valence-corrected chi connectivity index (χ4v) is 4.88. The Hall–Kier alpha value is -2.40. The van der Waals surface area contributed by atoms with Crippen molar-refractivity contribution in [3.05, 3.63) is 59.4 Å². The highest BCUT2D eigenvalue weighted by molar-refractivity contribution is 5.78. The molecule has 0 spiro atoms. The topological polar surface area (TPSA) is 45.7 Å². The molecule has 0 unspecified atom stereocenters. The van der Waals surface area contributed by atoms with E-state index in [4.69, 9.17) is 4.74 Å². The van der Waals surface area contributed by atoms with Crippen LogP contribution in [0.1, 0.15) is 42.5 Å². The monoisotopic (exact) mass is 407 g/mol. The quantitative estimate of drug-likeness (QED) is 0.759. The molecular weight excluding hydrogens is 374 g/mol. The van der Waals surface area contributed by atoms with E-state index in [1.807, 2.05) is 37.2 Å². The van der Waals surface area contributed by atoms with Crippen LogP contribution < -0.4 is 4.74 Å². The Morgan fingerprint density at radius 2 is 2.00 bits per heavy atom. The summed E-state index contributed by atoms with van der Waals surface area (Å²) in [6.45, 7) is 5.12. The molecule has 0 saturated carbocycles. The summed E-state index contributed by atoms with van der Waals surface area (Å²) >= 11 is 0. The molecule has 2 atom stereocenters. The number of nitrogens with zero attached hydrogens (tertiary/aromatic N) is 3. The number of aromatic nitrogens is 1. The number of rotatable bonds is 2. The summed E-state index contributed by atoms with van der Waals surface area (Å²) in [5.74, 6) is 1.44. The van der Waals surface area contributed by atoms with E-state index < -0.39 is 0 Å². The Morgan fingerprint density at radius 3 is 2.83 bits per heavy atom. The molecule has 3 heterocycles. The summed E-state index contributed by atoms with van der Waals surface area (Å²) in [6.07, 6.45) is 7.51. The Labute approximate surface area is 180 Å². The molecule has 5 nitrogen and oxygen atoms in total. The summed E-state index contributed by atoms with van der Waals surface area (Å²) in [6, 6.07) is 12.7. The van der Waals surface area contributed by atoms with Crippen LogP contribution in [0.15, 0.2) is 42.6 Å². The normalized spacial score (nSPS) is 23.5. The van der Waals surface area contributed by atoms with Gasteiger partial charge in [-0.25, -0.2) is 0 Å². The second-order valence-electron chi connectivity index (χ2n) is 8.81. The Kier molecular flexibility index (Phi) is 6.68. The van der Waals surface area contributed by atoms with Crippen molar-refractivity contribution in [1.82, 2.24) is 14.8 Å². The third-order valence-electron chi connectivity index (χ3n) is 6.64. The summed E-state index contributed by atoms with van der Waals surface area (Å²) < 4.78 is 5.92. The molecule has 0 radical (unpaired) electrons. The number of ether oxygens (including phenoxy) is 1. The van der Waals surface area contributed by atoms with E-state index in [2.05, 4.69) is 34.1 Å². The van der Waals surface area contributed by atoms with Crippen molar-refractivity contribution in [3.8, 4) is 5.75 Å². The van der Waals surface area contributed by atoms with Crippen LogP contribution in [0, 0.1) is 12.8 Å². The maximum Gasteiger partial charge on any atom is 0.260 e. The van der Waals surface area contributed by atoms with Gasteiger partial charge in [-0.1, -0.05) is 30.7 Å². The van der Waals surface area contributed by atoms with Gasteiger partial charge in [-0.05, 0) is 61.8 Å². The largest absolute Gasteiger partial charge is 0.483 e. The summed E-state index contributed by atoms with van der Waals surface area (Å²) in [5, 5.41) is 0.